The second kappa shape index (κ2) is 12.0. The van der Waals surface area contributed by atoms with Gasteiger partial charge in [-0.05, 0) is 32.5 Å². The summed E-state index contributed by atoms with van der Waals surface area (Å²) in [7, 11) is 8.11. The summed E-state index contributed by atoms with van der Waals surface area (Å²) in [4.78, 5) is 11.5. The van der Waals surface area contributed by atoms with E-state index in [-0.39, 0.29) is 24.0 Å². The molecule has 1 N–H and O–H groups in total. The van der Waals surface area contributed by atoms with E-state index in [0.29, 0.717) is 0 Å². The molecule has 0 unspecified atom stereocenters. The van der Waals surface area contributed by atoms with Crippen LogP contribution in [-0.2, 0) is 13.6 Å². The normalized spacial score (nSPS) is 16.4. The highest BCUT2D eigenvalue weighted by Gasteiger charge is 2.13. The van der Waals surface area contributed by atoms with E-state index in [2.05, 4.69) is 43.7 Å². The van der Waals surface area contributed by atoms with Crippen molar-refractivity contribution in [3.63, 3.8) is 0 Å². The van der Waals surface area contributed by atoms with Gasteiger partial charge in [-0.3, -0.25) is 4.99 Å². The van der Waals surface area contributed by atoms with Crippen LogP contribution in [0.1, 0.15) is 18.5 Å². The molecule has 0 aromatic carbocycles. The molecule has 1 aliphatic rings. The molecule has 0 spiro atoms. The quantitative estimate of drug-likeness (QED) is 0.272. The fraction of sp³-hybridized carbons (Fsp3) is 0.722. The van der Waals surface area contributed by atoms with Gasteiger partial charge < -0.3 is 24.6 Å². The Labute approximate surface area is 180 Å². The van der Waals surface area contributed by atoms with Crippen molar-refractivity contribution in [3.8, 4) is 0 Å². The van der Waals surface area contributed by atoms with Gasteiger partial charge >= 0.3 is 0 Å². The molecule has 6 nitrogen and oxygen atoms in total. The molecular formula is C18H34ClIN6. The van der Waals surface area contributed by atoms with Crippen LogP contribution < -0.4 is 5.32 Å². The third-order valence-corrected chi connectivity index (χ3v) is 5.03. The molecule has 0 radical (unpaired) electrons. The average molecular weight is 497 g/mol. The van der Waals surface area contributed by atoms with Crippen LogP contribution in [0.5, 0.6) is 0 Å². The molecular weight excluding hydrogens is 463 g/mol. The molecule has 150 valence electrons. The van der Waals surface area contributed by atoms with Crippen LogP contribution in [-0.4, -0.2) is 85.6 Å². The van der Waals surface area contributed by atoms with Crippen molar-refractivity contribution in [1.29, 1.82) is 0 Å². The maximum Gasteiger partial charge on any atom is 0.193 e. The zero-order valence-corrected chi connectivity index (χ0v) is 19.6. The van der Waals surface area contributed by atoms with Crippen molar-refractivity contribution in [2.45, 2.75) is 19.4 Å². The number of guanidine groups is 1. The molecule has 1 aromatic rings. The number of piperazine rings is 1. The van der Waals surface area contributed by atoms with Crippen LogP contribution in [0.2, 0.25) is 5.02 Å². The third-order valence-electron chi connectivity index (χ3n) is 4.83. The average Bonchev–Trinajstić information content (AvgIpc) is 2.89. The van der Waals surface area contributed by atoms with Crippen LogP contribution in [0.3, 0.4) is 0 Å². The highest BCUT2D eigenvalue weighted by molar-refractivity contribution is 14.0. The van der Waals surface area contributed by atoms with Crippen molar-refractivity contribution in [1.82, 2.24) is 24.6 Å². The summed E-state index contributed by atoms with van der Waals surface area (Å²) >= 11 is 6.06. The summed E-state index contributed by atoms with van der Waals surface area (Å²) < 4.78 is 2.06. The molecule has 0 atom stereocenters. The van der Waals surface area contributed by atoms with Crippen molar-refractivity contribution in [2.24, 2.45) is 12.0 Å². The van der Waals surface area contributed by atoms with Gasteiger partial charge in [0, 0.05) is 65.8 Å². The van der Waals surface area contributed by atoms with Gasteiger partial charge in [0.25, 0.3) is 0 Å². The minimum Gasteiger partial charge on any atom is -0.356 e. The number of nitrogens with one attached hydrogen (secondary N) is 1. The summed E-state index contributed by atoms with van der Waals surface area (Å²) in [5.41, 5.74) is 1.17. The Hall–Kier alpha value is -0.510. The standard InChI is InChI=1S/C18H33ClN6.HI/c1-20-18(24(4)15-17-13-16(19)14-23(17)3)21-7-5-6-8-25-11-9-22(2)10-12-25;/h13-14H,5-12,15H2,1-4H3,(H,20,21);1H. The second-order valence-electron chi connectivity index (χ2n) is 6.94. The Balaban J connectivity index is 0.00000338. The molecule has 1 aromatic heterocycles. The van der Waals surface area contributed by atoms with Crippen LogP contribution in [0.15, 0.2) is 17.3 Å². The molecule has 0 saturated carbocycles. The van der Waals surface area contributed by atoms with Gasteiger partial charge in [0.2, 0.25) is 0 Å². The number of aliphatic imine (C=N–C) groups is 1. The highest BCUT2D eigenvalue weighted by atomic mass is 127. The molecule has 1 aliphatic heterocycles. The molecule has 0 aliphatic carbocycles. The maximum absolute atomic E-state index is 6.06. The van der Waals surface area contributed by atoms with Crippen LogP contribution in [0.25, 0.3) is 0 Å². The van der Waals surface area contributed by atoms with Crippen LogP contribution >= 0.6 is 35.6 Å². The first-order valence-electron chi connectivity index (χ1n) is 9.13. The monoisotopic (exact) mass is 496 g/mol. The maximum atomic E-state index is 6.06. The second-order valence-corrected chi connectivity index (χ2v) is 7.38. The molecule has 0 amide bonds. The van der Waals surface area contributed by atoms with E-state index in [9.17, 15) is 0 Å². The summed E-state index contributed by atoms with van der Waals surface area (Å²) in [6.07, 6.45) is 4.32. The minimum absolute atomic E-state index is 0. The fourth-order valence-corrected chi connectivity index (χ4v) is 3.43. The number of hydrogen-bond acceptors (Lipinski definition) is 3. The number of rotatable bonds is 7. The molecule has 8 heteroatoms. The van der Waals surface area contributed by atoms with E-state index in [1.165, 1.54) is 44.8 Å². The number of aryl methyl sites for hydroxylation is 1. The number of nitrogens with zero attached hydrogens (tertiary/aromatic N) is 5. The van der Waals surface area contributed by atoms with Gasteiger partial charge in [0.1, 0.15) is 0 Å². The van der Waals surface area contributed by atoms with Crippen LogP contribution in [0.4, 0.5) is 0 Å². The van der Waals surface area contributed by atoms with Gasteiger partial charge in [-0.2, -0.15) is 0 Å². The van der Waals surface area contributed by atoms with Crippen molar-refractivity contribution in [3.05, 3.63) is 23.0 Å². The molecule has 1 saturated heterocycles. The Morgan fingerprint density at radius 2 is 1.92 bits per heavy atom. The van der Waals surface area contributed by atoms with Crippen molar-refractivity contribution < 1.29 is 0 Å². The summed E-state index contributed by atoms with van der Waals surface area (Å²) in [6, 6.07) is 2.00. The van der Waals surface area contributed by atoms with E-state index >= 15 is 0 Å². The highest BCUT2D eigenvalue weighted by Crippen LogP contribution is 2.14. The molecule has 26 heavy (non-hydrogen) atoms. The largest absolute Gasteiger partial charge is 0.356 e. The van der Waals surface area contributed by atoms with Gasteiger partial charge in [-0.15, -0.1) is 24.0 Å². The van der Waals surface area contributed by atoms with Gasteiger partial charge in [-0.25, -0.2) is 0 Å². The number of unbranched alkanes of at least 4 members (excludes halogenated alkanes) is 1. The predicted octanol–water partition coefficient (Wildman–Crippen LogP) is 2.33. The summed E-state index contributed by atoms with van der Waals surface area (Å²) in [5.74, 6) is 0.928. The SMILES string of the molecule is CN=C(NCCCCN1CCN(C)CC1)N(C)Cc1cc(Cl)cn1C.I. The smallest absolute Gasteiger partial charge is 0.193 e. The molecule has 2 heterocycles. The lowest BCUT2D eigenvalue weighted by atomic mass is 10.2. The third kappa shape index (κ3) is 7.62. The van der Waals surface area contributed by atoms with Gasteiger partial charge in [-0.1, -0.05) is 11.6 Å². The van der Waals surface area contributed by atoms with E-state index in [4.69, 9.17) is 11.6 Å². The van der Waals surface area contributed by atoms with E-state index in [0.717, 1.165) is 30.5 Å². The van der Waals surface area contributed by atoms with E-state index in [1.54, 1.807) is 0 Å². The van der Waals surface area contributed by atoms with Crippen molar-refractivity contribution in [2.75, 3.05) is 60.4 Å². The van der Waals surface area contributed by atoms with Crippen molar-refractivity contribution >= 4 is 41.5 Å². The first kappa shape index (κ1) is 23.5. The number of aromatic nitrogens is 1. The first-order valence-corrected chi connectivity index (χ1v) is 9.51. The molecule has 0 bridgehead atoms. The predicted molar refractivity (Wildman–Crippen MR) is 122 cm³/mol. The molecule has 2 rings (SSSR count). The lowest BCUT2D eigenvalue weighted by molar-refractivity contribution is 0.152. The minimum atomic E-state index is 0. The lowest BCUT2D eigenvalue weighted by Gasteiger charge is -2.32. The lowest BCUT2D eigenvalue weighted by Crippen LogP contribution is -2.44. The van der Waals surface area contributed by atoms with Gasteiger partial charge in [0.05, 0.1) is 11.6 Å². The number of hydrogen-bond donors (Lipinski definition) is 1. The topological polar surface area (TPSA) is 39.0 Å². The summed E-state index contributed by atoms with van der Waals surface area (Å²) in [6.45, 7) is 7.73. The molecule has 1 fully saturated rings. The van der Waals surface area contributed by atoms with Gasteiger partial charge in [0.15, 0.2) is 5.96 Å². The van der Waals surface area contributed by atoms with E-state index in [1.807, 2.05) is 26.4 Å². The summed E-state index contributed by atoms with van der Waals surface area (Å²) in [5, 5.41) is 4.24. The fourth-order valence-electron chi connectivity index (χ4n) is 3.16. The zero-order chi connectivity index (χ0) is 18.2. The first-order chi connectivity index (χ1) is 12.0. The number of halogens is 2. The Kier molecular flexibility index (Phi) is 10.9. The van der Waals surface area contributed by atoms with E-state index < -0.39 is 0 Å². The Morgan fingerprint density at radius 3 is 2.50 bits per heavy atom. The zero-order valence-electron chi connectivity index (χ0n) is 16.5. The Morgan fingerprint density at radius 1 is 1.23 bits per heavy atom. The number of likely N-dealkylation sites (N-methyl/N-ethyl adjacent to an activating group) is 1. The van der Waals surface area contributed by atoms with Crippen LogP contribution in [0, 0.1) is 0 Å². The Bertz CT molecular complexity index is 554.